The molecule has 1 saturated heterocycles. The van der Waals surface area contributed by atoms with E-state index in [4.69, 9.17) is 22.4 Å². The van der Waals surface area contributed by atoms with Crippen molar-refractivity contribution >= 4 is 43.2 Å². The molecular formula is C64H74MoN2O2P4. The van der Waals surface area contributed by atoms with Crippen molar-refractivity contribution in [3.05, 3.63) is 190 Å². The summed E-state index contributed by atoms with van der Waals surface area (Å²) >= 11 is 0. The smallest absolute Gasteiger partial charge is 0 e. The molecule has 0 bridgehead atoms. The summed E-state index contributed by atoms with van der Waals surface area (Å²) < 4.78 is 15.0. The molecule has 0 unspecified atom stereocenters. The molecule has 1 aliphatic heterocycles. The molecule has 0 saturated carbocycles. The average molecular weight is 1120 g/mol. The molecular weight excluding hydrogens is 1050 g/mol. The van der Waals surface area contributed by atoms with Crippen LogP contribution in [0.5, 0.6) is 0 Å². The SMILES string of the molecule is [C-]#[N+]c1c(-c2c(C(C)C)cccc2C(C)C)cccc1-c1c(C(C)C)cccc1C(C)C.[C-]#[N+]c1c(-c2c(C(C)C)cccc2C(C)C)cccc1-c1c(C(C)C)cccc1C(C)C.[C-]#[O+].[C-]#[O+].[Mo].[P]1[P][P][P]1. The summed E-state index contributed by atoms with van der Waals surface area (Å²) in [6.45, 7) is 61.4. The fourth-order valence-corrected chi connectivity index (χ4v) is 12.8. The van der Waals surface area contributed by atoms with E-state index < -0.39 is 0 Å². The Hall–Kier alpha value is -3.81. The van der Waals surface area contributed by atoms with Crippen molar-refractivity contribution in [2.75, 3.05) is 0 Å². The average Bonchev–Trinajstić information content (AvgIpc) is 3.35. The van der Waals surface area contributed by atoms with E-state index in [-0.39, 0.29) is 21.1 Å². The van der Waals surface area contributed by atoms with Crippen molar-refractivity contribution in [1.82, 2.24) is 0 Å². The van der Waals surface area contributed by atoms with Crippen LogP contribution in [-0.2, 0) is 30.4 Å². The van der Waals surface area contributed by atoms with Gasteiger partial charge in [0.15, 0.2) is 0 Å². The van der Waals surface area contributed by atoms with Gasteiger partial charge in [0.1, 0.15) is 0 Å². The van der Waals surface area contributed by atoms with E-state index in [0.29, 0.717) is 47.3 Å². The summed E-state index contributed by atoms with van der Waals surface area (Å²) in [6, 6.07) is 39.4. The van der Waals surface area contributed by atoms with Gasteiger partial charge in [-0.1, -0.05) is 220 Å². The Balaban J connectivity index is 0.000000430. The van der Waals surface area contributed by atoms with E-state index in [1.54, 1.807) is 31.8 Å². The first kappa shape index (κ1) is 65.3. The Morgan fingerprint density at radius 3 is 0.534 bits per heavy atom. The minimum atomic E-state index is 0. The summed E-state index contributed by atoms with van der Waals surface area (Å²) in [5.41, 5.74) is 21.4. The molecule has 6 aromatic carbocycles. The topological polar surface area (TPSA) is 48.5 Å². The van der Waals surface area contributed by atoms with Crippen molar-refractivity contribution in [2.45, 2.75) is 158 Å². The van der Waals surface area contributed by atoms with Gasteiger partial charge in [-0.3, -0.25) is 0 Å². The maximum Gasteiger partial charge on any atom is 0 e. The minimum absolute atomic E-state index is 0. The van der Waals surface area contributed by atoms with Gasteiger partial charge in [-0.25, -0.2) is 9.69 Å². The molecule has 6 aromatic rings. The van der Waals surface area contributed by atoms with Crippen molar-refractivity contribution in [3.63, 3.8) is 0 Å². The monoisotopic (exact) mass is 1120 g/mol. The molecule has 0 aromatic heterocycles. The molecule has 0 atom stereocenters. The van der Waals surface area contributed by atoms with E-state index >= 15 is 0 Å². The normalized spacial score (nSPS) is 12.8. The zero-order valence-electron chi connectivity index (χ0n) is 45.9. The van der Waals surface area contributed by atoms with Gasteiger partial charge in [0.25, 0.3) is 0 Å². The van der Waals surface area contributed by atoms with Crippen LogP contribution in [-0.4, -0.2) is 0 Å². The molecule has 0 N–H and O–H groups in total. The van der Waals surface area contributed by atoms with Gasteiger partial charge in [-0.2, -0.15) is 0 Å². The maximum atomic E-state index is 8.26. The summed E-state index contributed by atoms with van der Waals surface area (Å²) in [6.07, 6.45) is 0. The van der Waals surface area contributed by atoms with Crippen LogP contribution in [0.25, 0.3) is 54.2 Å². The van der Waals surface area contributed by atoms with Crippen LogP contribution in [0.15, 0.2) is 109 Å². The Kier molecular flexibility index (Phi) is 28.6. The van der Waals surface area contributed by atoms with Gasteiger partial charge in [-0.15, -0.1) is 0 Å². The van der Waals surface area contributed by atoms with E-state index in [2.05, 4.69) is 243 Å². The molecule has 7 rings (SSSR count). The third kappa shape index (κ3) is 16.1. The van der Waals surface area contributed by atoms with Gasteiger partial charge in [0.2, 0.25) is 11.4 Å². The molecule has 73 heavy (non-hydrogen) atoms. The number of nitrogens with zero attached hydrogens (tertiary/aromatic N) is 2. The fourth-order valence-electron chi connectivity index (χ4n) is 9.62. The molecule has 4 nitrogen and oxygen atoms in total. The summed E-state index contributed by atoms with van der Waals surface area (Å²) in [5.74, 6) is 3.11. The van der Waals surface area contributed by atoms with Gasteiger partial charge in [0, 0.05) is 52.9 Å². The predicted octanol–water partition coefficient (Wildman–Crippen LogP) is 23.5. The third-order valence-electron chi connectivity index (χ3n) is 13.0. The zero-order chi connectivity index (χ0) is 54.0. The summed E-state index contributed by atoms with van der Waals surface area (Å²) in [4.78, 5) is 8.35. The van der Waals surface area contributed by atoms with Gasteiger partial charge in [0.05, 0.1) is 13.1 Å². The third-order valence-corrected chi connectivity index (χ3v) is 25.8. The molecule has 9 heteroatoms. The Morgan fingerprint density at radius 1 is 0.288 bits per heavy atom. The fraction of sp³-hybridized carbons (Fsp3) is 0.375. The minimum Gasteiger partial charge on any atom is 0 e. The van der Waals surface area contributed by atoms with Crippen LogP contribution in [0.1, 0.15) is 203 Å². The second kappa shape index (κ2) is 31.9. The molecule has 1 fully saturated rings. The van der Waals surface area contributed by atoms with E-state index in [1.165, 1.54) is 66.8 Å². The number of hydrogen-bond donors (Lipinski definition) is 0. The first-order valence-electron chi connectivity index (χ1n) is 25.1. The first-order valence-corrected chi connectivity index (χ1v) is 31.5. The number of hydrogen-bond acceptors (Lipinski definition) is 0. The Morgan fingerprint density at radius 2 is 0.425 bits per heavy atom. The van der Waals surface area contributed by atoms with Crippen molar-refractivity contribution < 1.29 is 30.4 Å². The van der Waals surface area contributed by atoms with Crippen LogP contribution in [0, 0.1) is 26.4 Å². The van der Waals surface area contributed by atoms with Gasteiger partial charge >= 0.3 is 22.6 Å². The number of benzene rings is 6. The molecule has 0 amide bonds. The Bertz CT molecular complexity index is 2390. The molecule has 1 aliphatic rings. The van der Waals surface area contributed by atoms with E-state index in [9.17, 15) is 0 Å². The standard InChI is InChI=1S/2C31H37N.2CO.Mo.P4/c2*1-19(2)23-13-10-14-24(20(3)4)29(23)27-17-12-18-28(31(27)32-9)30-25(21(5)6)15-11-16-26(30)22(7)8;2*1-2;;1-2-4-3-1/h2*10-22H,1-8H3;;;;. The summed E-state index contributed by atoms with van der Waals surface area (Å²) in [7, 11) is 6.44. The largest absolute Gasteiger partial charge is 0 e. The second-order valence-corrected chi connectivity index (χ2v) is 29.8. The van der Waals surface area contributed by atoms with Gasteiger partial charge < -0.3 is 0 Å². The maximum absolute atomic E-state index is 8.26. The first-order chi connectivity index (χ1) is 34.4. The molecule has 0 spiro atoms. The number of rotatable bonds is 12. The van der Waals surface area contributed by atoms with Gasteiger partial charge in [-0.05, 0) is 136 Å². The second-order valence-electron chi connectivity index (χ2n) is 20.5. The van der Waals surface area contributed by atoms with Crippen molar-refractivity contribution in [3.8, 4) is 44.5 Å². The van der Waals surface area contributed by atoms with Crippen LogP contribution in [0.2, 0.25) is 0 Å². The molecule has 1 heterocycles. The molecule has 0 aliphatic carbocycles. The van der Waals surface area contributed by atoms with Crippen LogP contribution in [0.3, 0.4) is 0 Å². The summed E-state index contributed by atoms with van der Waals surface area (Å²) in [5, 5.41) is 0. The van der Waals surface area contributed by atoms with E-state index in [0.717, 1.165) is 33.6 Å². The quantitative estimate of drug-likeness (QED) is 0.0507. The van der Waals surface area contributed by atoms with E-state index in [1.807, 2.05) is 0 Å². The number of para-hydroxylation sites is 2. The molecule has 4 radical (unpaired) electrons. The Labute approximate surface area is 463 Å². The molecule has 378 valence electrons. The zero-order valence-corrected chi connectivity index (χ0v) is 51.5. The van der Waals surface area contributed by atoms with Crippen LogP contribution < -0.4 is 0 Å². The van der Waals surface area contributed by atoms with Crippen molar-refractivity contribution in [1.29, 1.82) is 0 Å². The predicted molar refractivity (Wildman–Crippen MR) is 315 cm³/mol. The van der Waals surface area contributed by atoms with Crippen molar-refractivity contribution in [2.24, 2.45) is 0 Å². The van der Waals surface area contributed by atoms with Crippen LogP contribution >= 0.6 is 31.8 Å². The van der Waals surface area contributed by atoms with Crippen LogP contribution in [0.4, 0.5) is 11.4 Å².